The van der Waals surface area contributed by atoms with Crippen LogP contribution in [-0.4, -0.2) is 36.5 Å². The summed E-state index contributed by atoms with van der Waals surface area (Å²) in [5.74, 6) is 1.56. The van der Waals surface area contributed by atoms with Gasteiger partial charge in [0, 0.05) is 18.2 Å². The van der Waals surface area contributed by atoms with E-state index in [-0.39, 0.29) is 5.91 Å². The van der Waals surface area contributed by atoms with Crippen LogP contribution in [0.15, 0.2) is 47.1 Å². The molecule has 26 heavy (non-hydrogen) atoms. The molecular weight excluding hydrogens is 324 g/mol. The molecule has 0 bridgehead atoms. The number of likely N-dealkylation sites (tertiary alicyclic amines) is 1. The van der Waals surface area contributed by atoms with Crippen LogP contribution < -0.4 is 5.32 Å². The molecule has 4 heteroatoms. The number of hydrogen-bond acceptors (Lipinski definition) is 3. The average molecular weight is 354 g/mol. The van der Waals surface area contributed by atoms with Gasteiger partial charge in [-0.3, -0.25) is 9.69 Å². The number of benzene rings is 1. The first-order valence-electron chi connectivity index (χ1n) is 9.71. The predicted octanol–water partition coefficient (Wildman–Crippen LogP) is 4.43. The molecule has 1 aromatic carbocycles. The van der Waals surface area contributed by atoms with Crippen LogP contribution in [-0.2, 0) is 0 Å². The maximum absolute atomic E-state index is 12.7. The van der Waals surface area contributed by atoms with Crippen LogP contribution in [0.3, 0.4) is 0 Å². The van der Waals surface area contributed by atoms with Gasteiger partial charge in [-0.25, -0.2) is 0 Å². The highest BCUT2D eigenvalue weighted by Crippen LogP contribution is 2.25. The fourth-order valence-corrected chi connectivity index (χ4v) is 3.75. The van der Waals surface area contributed by atoms with Gasteiger partial charge in [0.25, 0.3) is 5.91 Å². The molecule has 1 fully saturated rings. The Labute approximate surface area is 156 Å². The van der Waals surface area contributed by atoms with Gasteiger partial charge in [-0.05, 0) is 49.4 Å². The highest BCUT2D eigenvalue weighted by Gasteiger charge is 2.27. The highest BCUT2D eigenvalue weighted by atomic mass is 16.3. The minimum atomic E-state index is -0.134. The van der Waals surface area contributed by atoms with Crippen molar-refractivity contribution in [2.45, 2.75) is 39.7 Å². The molecule has 0 spiro atoms. The van der Waals surface area contributed by atoms with E-state index in [9.17, 15) is 4.79 Å². The van der Waals surface area contributed by atoms with Gasteiger partial charge < -0.3 is 9.73 Å². The van der Waals surface area contributed by atoms with Crippen molar-refractivity contribution in [2.75, 3.05) is 19.6 Å². The van der Waals surface area contributed by atoms with E-state index in [1.807, 2.05) is 36.4 Å². The molecule has 0 saturated carbocycles. The third-order valence-electron chi connectivity index (χ3n) is 5.48. The van der Waals surface area contributed by atoms with E-state index in [2.05, 4.69) is 31.0 Å². The molecular formula is C22H30N2O2. The number of rotatable bonds is 6. The zero-order chi connectivity index (χ0) is 18.5. The topological polar surface area (TPSA) is 45.5 Å². The van der Waals surface area contributed by atoms with Crippen LogP contribution in [0.2, 0.25) is 0 Å². The van der Waals surface area contributed by atoms with E-state index < -0.39 is 0 Å². The van der Waals surface area contributed by atoms with Gasteiger partial charge in [-0.1, -0.05) is 51.1 Å². The molecule has 2 aromatic rings. The Balaban J connectivity index is 1.65. The number of amides is 1. The summed E-state index contributed by atoms with van der Waals surface area (Å²) in [5.41, 5.74) is 1.84. The second-order valence-electron chi connectivity index (χ2n) is 7.77. The third-order valence-corrected chi connectivity index (χ3v) is 5.48. The molecule has 3 rings (SSSR count). The zero-order valence-electron chi connectivity index (χ0n) is 16.1. The number of piperidine rings is 1. The largest absolute Gasteiger partial charge is 0.459 e. The molecule has 0 radical (unpaired) electrons. The van der Waals surface area contributed by atoms with Crippen LogP contribution in [0, 0.1) is 11.8 Å². The Hall–Kier alpha value is -2.07. The fourth-order valence-electron chi connectivity index (χ4n) is 3.75. The Morgan fingerprint density at radius 1 is 1.19 bits per heavy atom. The van der Waals surface area contributed by atoms with Gasteiger partial charge in [-0.2, -0.15) is 0 Å². The summed E-state index contributed by atoms with van der Waals surface area (Å²) < 4.78 is 5.51. The van der Waals surface area contributed by atoms with Crippen molar-refractivity contribution in [1.29, 1.82) is 0 Å². The fraction of sp³-hybridized carbons (Fsp3) is 0.500. The highest BCUT2D eigenvalue weighted by molar-refractivity contribution is 5.98. The average Bonchev–Trinajstić information content (AvgIpc) is 3.13. The molecule has 1 N–H and O–H groups in total. The summed E-state index contributed by atoms with van der Waals surface area (Å²) in [6.07, 6.45) is 4.07. The van der Waals surface area contributed by atoms with Gasteiger partial charge in [0.15, 0.2) is 5.76 Å². The second-order valence-corrected chi connectivity index (χ2v) is 7.77. The molecule has 0 unspecified atom stereocenters. The van der Waals surface area contributed by atoms with Gasteiger partial charge in [0.05, 0.1) is 6.26 Å². The summed E-state index contributed by atoms with van der Waals surface area (Å²) in [7, 11) is 0. The quantitative estimate of drug-likeness (QED) is 0.834. The Kier molecular flexibility index (Phi) is 6.15. The van der Waals surface area contributed by atoms with Gasteiger partial charge in [-0.15, -0.1) is 0 Å². The first-order valence-corrected chi connectivity index (χ1v) is 9.71. The molecule has 1 atom stereocenters. The second kappa shape index (κ2) is 8.54. The molecule has 1 aliphatic heterocycles. The molecule has 1 amide bonds. The van der Waals surface area contributed by atoms with Crippen molar-refractivity contribution in [3.8, 4) is 11.1 Å². The summed E-state index contributed by atoms with van der Waals surface area (Å²) in [4.78, 5) is 15.3. The summed E-state index contributed by atoms with van der Waals surface area (Å²) >= 11 is 0. The number of hydrogen-bond donors (Lipinski definition) is 1. The first kappa shape index (κ1) is 18.7. The minimum Gasteiger partial charge on any atom is -0.459 e. The van der Waals surface area contributed by atoms with Gasteiger partial charge in [0.1, 0.15) is 0 Å². The minimum absolute atomic E-state index is 0.134. The molecule has 140 valence electrons. The number of nitrogens with zero attached hydrogens (tertiary/aromatic N) is 1. The van der Waals surface area contributed by atoms with Gasteiger partial charge in [0.2, 0.25) is 0 Å². The van der Waals surface area contributed by atoms with E-state index in [0.29, 0.717) is 24.3 Å². The van der Waals surface area contributed by atoms with E-state index in [1.165, 1.54) is 12.8 Å². The van der Waals surface area contributed by atoms with Crippen molar-refractivity contribution in [1.82, 2.24) is 10.2 Å². The summed E-state index contributed by atoms with van der Waals surface area (Å²) in [5, 5.41) is 3.11. The SMILES string of the molecule is CC1CCN([C@H](CNC(=O)c2occc2-c2ccccc2)C(C)C)CC1. The van der Waals surface area contributed by atoms with E-state index in [4.69, 9.17) is 4.42 Å². The molecule has 1 aromatic heterocycles. The maximum atomic E-state index is 12.7. The number of furan rings is 1. The number of nitrogens with one attached hydrogen (secondary N) is 1. The summed E-state index contributed by atoms with van der Waals surface area (Å²) in [6, 6.07) is 12.1. The van der Waals surface area contributed by atoms with Crippen LogP contribution in [0.25, 0.3) is 11.1 Å². The zero-order valence-corrected chi connectivity index (χ0v) is 16.1. The van der Waals surface area contributed by atoms with Crippen molar-refractivity contribution in [3.63, 3.8) is 0 Å². The van der Waals surface area contributed by atoms with Gasteiger partial charge >= 0.3 is 0 Å². The lowest BCUT2D eigenvalue weighted by molar-refractivity contribution is 0.0841. The van der Waals surface area contributed by atoms with Crippen molar-refractivity contribution in [3.05, 3.63) is 48.4 Å². The Bertz CT molecular complexity index is 700. The van der Waals surface area contributed by atoms with E-state index in [1.54, 1.807) is 6.26 Å². The molecule has 2 heterocycles. The molecule has 0 aliphatic carbocycles. The smallest absolute Gasteiger partial charge is 0.287 e. The van der Waals surface area contributed by atoms with Crippen molar-refractivity contribution in [2.24, 2.45) is 11.8 Å². The number of carbonyl (C=O) groups excluding carboxylic acids is 1. The van der Waals surface area contributed by atoms with Crippen LogP contribution in [0.1, 0.15) is 44.2 Å². The van der Waals surface area contributed by atoms with E-state index in [0.717, 1.165) is 30.1 Å². The molecule has 1 aliphatic rings. The Morgan fingerprint density at radius 3 is 2.54 bits per heavy atom. The van der Waals surface area contributed by atoms with E-state index >= 15 is 0 Å². The first-order chi connectivity index (χ1) is 12.6. The lowest BCUT2D eigenvalue weighted by Crippen LogP contribution is -2.49. The lowest BCUT2D eigenvalue weighted by Gasteiger charge is -2.38. The van der Waals surface area contributed by atoms with Crippen molar-refractivity contribution < 1.29 is 9.21 Å². The van der Waals surface area contributed by atoms with Crippen LogP contribution in [0.4, 0.5) is 0 Å². The number of carbonyl (C=O) groups is 1. The summed E-state index contributed by atoms with van der Waals surface area (Å²) in [6.45, 7) is 9.69. The predicted molar refractivity (Wildman–Crippen MR) is 105 cm³/mol. The standard InChI is InChI=1S/C22H30N2O2/c1-16(2)20(24-12-9-17(3)10-13-24)15-23-22(25)21-19(11-14-26-21)18-7-5-4-6-8-18/h4-8,11,14,16-17,20H,9-10,12-13,15H2,1-3H3,(H,23,25)/t20-/m1/s1. The Morgan fingerprint density at radius 2 is 1.88 bits per heavy atom. The van der Waals surface area contributed by atoms with Crippen LogP contribution in [0.5, 0.6) is 0 Å². The normalized spacial score (nSPS) is 17.4. The maximum Gasteiger partial charge on any atom is 0.287 e. The monoisotopic (exact) mass is 354 g/mol. The third kappa shape index (κ3) is 4.36. The lowest BCUT2D eigenvalue weighted by atomic mass is 9.94. The molecule has 1 saturated heterocycles. The van der Waals surface area contributed by atoms with Crippen LogP contribution >= 0.6 is 0 Å². The molecule has 4 nitrogen and oxygen atoms in total. The van der Waals surface area contributed by atoms with Crippen molar-refractivity contribution >= 4 is 5.91 Å².